The van der Waals surface area contributed by atoms with E-state index in [9.17, 15) is 9.59 Å². The Balaban J connectivity index is 2.63. The number of hydrogen-bond donors (Lipinski definition) is 2. The predicted molar refractivity (Wildman–Crippen MR) is 63.2 cm³/mol. The van der Waals surface area contributed by atoms with Crippen molar-refractivity contribution in [1.82, 2.24) is 15.8 Å². The highest BCUT2D eigenvalue weighted by Gasteiger charge is 2.36. The van der Waals surface area contributed by atoms with Crippen molar-refractivity contribution in [2.24, 2.45) is 0 Å². The molecule has 0 aromatic heterocycles. The Kier molecular flexibility index (Phi) is 4.34. The largest absolute Gasteiger partial charge is 0.444 e. The summed E-state index contributed by atoms with van der Waals surface area (Å²) in [6.45, 7) is 5.99. The fourth-order valence-corrected chi connectivity index (χ4v) is 1.78. The van der Waals surface area contributed by atoms with Crippen molar-refractivity contribution in [1.29, 1.82) is 0 Å². The van der Waals surface area contributed by atoms with E-state index in [0.29, 0.717) is 13.0 Å². The van der Waals surface area contributed by atoms with Crippen LogP contribution in [0, 0.1) is 0 Å². The van der Waals surface area contributed by atoms with E-state index >= 15 is 0 Å². The molecule has 0 unspecified atom stereocenters. The number of carbonyl (C=O) groups excluding carboxylic acids is 2. The lowest BCUT2D eigenvalue weighted by Gasteiger charge is -2.27. The van der Waals surface area contributed by atoms with E-state index in [1.54, 1.807) is 7.05 Å². The number of hydrazine groups is 1. The van der Waals surface area contributed by atoms with Crippen LogP contribution in [0.3, 0.4) is 0 Å². The molecule has 1 fully saturated rings. The zero-order valence-electron chi connectivity index (χ0n) is 10.9. The summed E-state index contributed by atoms with van der Waals surface area (Å²) < 4.78 is 5.27. The molecule has 0 bridgehead atoms. The number of ether oxygens (including phenoxy) is 1. The summed E-state index contributed by atoms with van der Waals surface area (Å²) in [7, 11) is 1.62. The molecule has 1 aliphatic heterocycles. The first-order valence-electron chi connectivity index (χ1n) is 5.81. The van der Waals surface area contributed by atoms with Gasteiger partial charge in [0.2, 0.25) is 0 Å². The van der Waals surface area contributed by atoms with Gasteiger partial charge < -0.3 is 4.74 Å². The van der Waals surface area contributed by atoms with Gasteiger partial charge in [-0.25, -0.2) is 10.2 Å². The van der Waals surface area contributed by atoms with Crippen molar-refractivity contribution in [2.75, 3.05) is 13.6 Å². The molecule has 0 aromatic rings. The molecular formula is C11H21N3O3. The topological polar surface area (TPSA) is 70.7 Å². The predicted octanol–water partition coefficient (Wildman–Crippen LogP) is 0.636. The number of likely N-dealkylation sites (tertiary alicyclic amines) is 1. The second kappa shape index (κ2) is 5.35. The monoisotopic (exact) mass is 243 g/mol. The molecule has 0 aromatic carbocycles. The first-order chi connectivity index (χ1) is 7.85. The van der Waals surface area contributed by atoms with Crippen LogP contribution in [0.15, 0.2) is 0 Å². The lowest BCUT2D eigenvalue weighted by molar-refractivity contribution is -0.126. The minimum Gasteiger partial charge on any atom is -0.444 e. The molecule has 2 N–H and O–H groups in total. The summed E-state index contributed by atoms with van der Waals surface area (Å²) in [6, 6.07) is -0.433. The third kappa shape index (κ3) is 3.89. The molecule has 98 valence electrons. The van der Waals surface area contributed by atoms with Gasteiger partial charge in [0.1, 0.15) is 11.6 Å². The molecule has 1 atom stereocenters. The van der Waals surface area contributed by atoms with Gasteiger partial charge in [0.25, 0.3) is 5.91 Å². The van der Waals surface area contributed by atoms with Gasteiger partial charge in [-0.05, 0) is 33.6 Å². The van der Waals surface area contributed by atoms with Gasteiger partial charge in [-0.15, -0.1) is 0 Å². The Morgan fingerprint density at radius 1 is 1.35 bits per heavy atom. The van der Waals surface area contributed by atoms with E-state index in [1.165, 1.54) is 4.90 Å². The maximum absolute atomic E-state index is 11.9. The van der Waals surface area contributed by atoms with Crippen LogP contribution in [0.25, 0.3) is 0 Å². The van der Waals surface area contributed by atoms with E-state index in [0.717, 1.165) is 6.42 Å². The average Bonchev–Trinajstić information content (AvgIpc) is 2.63. The maximum atomic E-state index is 11.9. The van der Waals surface area contributed by atoms with Gasteiger partial charge >= 0.3 is 6.09 Å². The third-order valence-electron chi connectivity index (χ3n) is 2.43. The number of nitrogens with one attached hydrogen (secondary N) is 2. The molecule has 0 aliphatic carbocycles. The molecule has 0 saturated carbocycles. The molecule has 1 rings (SSSR count). The number of amides is 2. The lowest BCUT2D eigenvalue weighted by Crippen LogP contribution is -2.50. The summed E-state index contributed by atoms with van der Waals surface area (Å²) in [6.07, 6.45) is 1.07. The highest BCUT2D eigenvalue weighted by molar-refractivity contribution is 5.85. The minimum atomic E-state index is -0.538. The molecule has 6 nitrogen and oxygen atoms in total. The Labute approximate surface area is 102 Å². The van der Waals surface area contributed by atoms with Gasteiger partial charge in [-0.1, -0.05) is 0 Å². The Morgan fingerprint density at radius 2 is 2.00 bits per heavy atom. The van der Waals surface area contributed by atoms with Crippen molar-refractivity contribution >= 4 is 12.0 Å². The van der Waals surface area contributed by atoms with Gasteiger partial charge in [0, 0.05) is 13.6 Å². The zero-order valence-corrected chi connectivity index (χ0v) is 10.9. The maximum Gasteiger partial charge on any atom is 0.410 e. The smallest absolute Gasteiger partial charge is 0.410 e. The van der Waals surface area contributed by atoms with Crippen LogP contribution < -0.4 is 10.9 Å². The van der Waals surface area contributed by atoms with E-state index in [2.05, 4.69) is 10.9 Å². The lowest BCUT2D eigenvalue weighted by atomic mass is 10.2. The van der Waals surface area contributed by atoms with Crippen molar-refractivity contribution in [3.05, 3.63) is 0 Å². The van der Waals surface area contributed by atoms with Crippen molar-refractivity contribution in [3.8, 4) is 0 Å². The Morgan fingerprint density at radius 3 is 2.53 bits per heavy atom. The Bertz CT molecular complexity index is 299. The standard InChI is InChI=1S/C11H21N3O3/c1-11(2,3)17-10(16)14-7-5-6-8(14)9(15)13-12-4/h8,12H,5-7H2,1-4H3,(H,13,15)/t8-/m0/s1. The zero-order chi connectivity index (χ0) is 13.1. The second-order valence-corrected chi connectivity index (χ2v) is 5.07. The van der Waals surface area contributed by atoms with Crippen LogP contribution in [0.1, 0.15) is 33.6 Å². The SMILES string of the molecule is CNNC(=O)[C@@H]1CCCN1C(=O)OC(C)(C)C. The summed E-state index contributed by atoms with van der Waals surface area (Å²) >= 11 is 0. The Hall–Kier alpha value is -1.30. The number of nitrogens with zero attached hydrogens (tertiary/aromatic N) is 1. The van der Waals surface area contributed by atoms with E-state index in [4.69, 9.17) is 4.74 Å². The second-order valence-electron chi connectivity index (χ2n) is 5.07. The normalized spacial score (nSPS) is 20.2. The number of carbonyl (C=O) groups is 2. The third-order valence-corrected chi connectivity index (χ3v) is 2.43. The molecule has 6 heteroatoms. The molecule has 1 heterocycles. The van der Waals surface area contributed by atoms with Crippen LogP contribution in [-0.2, 0) is 9.53 Å². The molecule has 17 heavy (non-hydrogen) atoms. The van der Waals surface area contributed by atoms with Crippen molar-refractivity contribution < 1.29 is 14.3 Å². The van der Waals surface area contributed by atoms with Gasteiger partial charge in [0.15, 0.2) is 0 Å². The summed E-state index contributed by atoms with van der Waals surface area (Å²) in [5, 5.41) is 0. The van der Waals surface area contributed by atoms with Crippen LogP contribution in [0.4, 0.5) is 4.79 Å². The molecule has 0 radical (unpaired) electrons. The highest BCUT2D eigenvalue weighted by Crippen LogP contribution is 2.20. The highest BCUT2D eigenvalue weighted by atomic mass is 16.6. The van der Waals surface area contributed by atoms with Gasteiger partial charge in [-0.2, -0.15) is 0 Å². The molecule has 0 spiro atoms. The van der Waals surface area contributed by atoms with E-state index in [1.807, 2.05) is 20.8 Å². The number of hydrogen-bond acceptors (Lipinski definition) is 4. The quantitative estimate of drug-likeness (QED) is 0.698. The first kappa shape index (κ1) is 13.8. The van der Waals surface area contributed by atoms with Crippen LogP contribution in [-0.4, -0.2) is 42.1 Å². The van der Waals surface area contributed by atoms with E-state index < -0.39 is 17.7 Å². The van der Waals surface area contributed by atoms with Crippen LogP contribution >= 0.6 is 0 Å². The summed E-state index contributed by atoms with van der Waals surface area (Å²) in [5.41, 5.74) is 4.53. The summed E-state index contributed by atoms with van der Waals surface area (Å²) in [5.74, 6) is -0.198. The fraction of sp³-hybridized carbons (Fsp3) is 0.818. The average molecular weight is 243 g/mol. The summed E-state index contributed by atoms with van der Waals surface area (Å²) in [4.78, 5) is 25.1. The van der Waals surface area contributed by atoms with E-state index in [-0.39, 0.29) is 5.91 Å². The first-order valence-corrected chi connectivity index (χ1v) is 5.81. The van der Waals surface area contributed by atoms with Crippen LogP contribution in [0.5, 0.6) is 0 Å². The van der Waals surface area contributed by atoms with Gasteiger partial charge in [0.05, 0.1) is 0 Å². The number of rotatable bonds is 2. The minimum absolute atomic E-state index is 0.198. The molecule has 2 amide bonds. The van der Waals surface area contributed by atoms with Crippen LogP contribution in [0.2, 0.25) is 0 Å². The van der Waals surface area contributed by atoms with Crippen molar-refractivity contribution in [2.45, 2.75) is 45.3 Å². The van der Waals surface area contributed by atoms with Gasteiger partial charge in [-0.3, -0.25) is 15.1 Å². The molecule has 1 saturated heterocycles. The van der Waals surface area contributed by atoms with Crippen molar-refractivity contribution in [3.63, 3.8) is 0 Å². The molecule has 1 aliphatic rings. The molecular weight excluding hydrogens is 222 g/mol. The fourth-order valence-electron chi connectivity index (χ4n) is 1.78.